The molecule has 2 N–H and O–H groups in total. The maximum atomic E-state index is 12.1. The Labute approximate surface area is 162 Å². The molecule has 4 nitrogen and oxygen atoms in total. The second-order valence-electron chi connectivity index (χ2n) is 7.83. The predicted molar refractivity (Wildman–Crippen MR) is 110 cm³/mol. The van der Waals surface area contributed by atoms with Gasteiger partial charge < -0.3 is 15.5 Å². The van der Waals surface area contributed by atoms with Crippen molar-refractivity contribution in [2.75, 3.05) is 25.0 Å². The van der Waals surface area contributed by atoms with E-state index in [-0.39, 0.29) is 5.91 Å². The van der Waals surface area contributed by atoms with Crippen molar-refractivity contribution < 1.29 is 4.79 Å². The average molecular weight is 364 g/mol. The topological polar surface area (TPSA) is 44.4 Å². The number of carbonyl (C=O) groups excluding carboxylic acids is 1. The number of piperidine rings is 1. The van der Waals surface area contributed by atoms with Crippen molar-refractivity contribution in [3.8, 4) is 0 Å². The third kappa shape index (κ3) is 4.16. The number of amides is 1. The van der Waals surface area contributed by atoms with Gasteiger partial charge in [0.2, 0.25) is 0 Å². The molecule has 2 aliphatic heterocycles. The lowest BCUT2D eigenvalue weighted by atomic mass is 9.96. The highest BCUT2D eigenvalue weighted by molar-refractivity contribution is 5.98. The summed E-state index contributed by atoms with van der Waals surface area (Å²) in [5, 5.41) is 6.67. The van der Waals surface area contributed by atoms with Gasteiger partial charge in [0, 0.05) is 43.0 Å². The fourth-order valence-electron chi connectivity index (χ4n) is 4.39. The summed E-state index contributed by atoms with van der Waals surface area (Å²) in [7, 11) is 0. The van der Waals surface area contributed by atoms with Crippen molar-refractivity contribution in [3.63, 3.8) is 0 Å². The van der Waals surface area contributed by atoms with Gasteiger partial charge in [-0.05, 0) is 55.9 Å². The van der Waals surface area contributed by atoms with Gasteiger partial charge in [-0.2, -0.15) is 0 Å². The molecule has 1 fully saturated rings. The number of anilines is 1. The number of likely N-dealkylation sites (tertiary alicyclic amines) is 1. The van der Waals surface area contributed by atoms with Crippen molar-refractivity contribution in [3.05, 3.63) is 65.2 Å². The first-order valence-electron chi connectivity index (χ1n) is 10.2. The molecule has 4 rings (SSSR count). The van der Waals surface area contributed by atoms with E-state index < -0.39 is 0 Å². The Morgan fingerprint density at radius 2 is 1.89 bits per heavy atom. The van der Waals surface area contributed by atoms with E-state index in [0.29, 0.717) is 12.1 Å². The van der Waals surface area contributed by atoms with Crippen LogP contribution in [0, 0.1) is 0 Å². The Kier molecular flexibility index (Phi) is 5.44. The molecule has 2 heterocycles. The third-order valence-electron chi connectivity index (χ3n) is 5.97. The number of hydrogen-bond donors (Lipinski definition) is 2. The lowest BCUT2D eigenvalue weighted by Crippen LogP contribution is -2.44. The molecule has 0 radical (unpaired) electrons. The molecule has 0 aliphatic carbocycles. The first-order valence-corrected chi connectivity index (χ1v) is 10.2. The molecular weight excluding hydrogens is 334 g/mol. The summed E-state index contributed by atoms with van der Waals surface area (Å²) in [4.78, 5) is 14.7. The summed E-state index contributed by atoms with van der Waals surface area (Å²) >= 11 is 0. The second kappa shape index (κ2) is 8.13. The largest absolute Gasteiger partial charge is 0.382 e. The zero-order valence-corrected chi connectivity index (χ0v) is 16.1. The standard InChI is InChI=1S/C23H29N3O/c1-17(16-18-6-3-2-4-7-18)26-14-11-19(12-15-26)25-22-9-5-8-21-20(22)10-13-24-23(21)27/h2-9,17,19,25H,10-16H2,1H3,(H,24,27). The molecule has 0 spiro atoms. The zero-order chi connectivity index (χ0) is 18.6. The SMILES string of the molecule is CC(Cc1ccccc1)N1CCC(Nc2cccc3c2CCNC3=O)CC1. The monoisotopic (exact) mass is 363 g/mol. The van der Waals surface area contributed by atoms with Crippen molar-refractivity contribution in [2.24, 2.45) is 0 Å². The highest BCUT2D eigenvalue weighted by Gasteiger charge is 2.25. The van der Waals surface area contributed by atoms with E-state index in [1.807, 2.05) is 12.1 Å². The second-order valence-corrected chi connectivity index (χ2v) is 7.83. The fourth-order valence-corrected chi connectivity index (χ4v) is 4.39. The normalized spacial score (nSPS) is 19.2. The van der Waals surface area contributed by atoms with Crippen molar-refractivity contribution in [1.82, 2.24) is 10.2 Å². The first-order chi connectivity index (χ1) is 13.2. The van der Waals surface area contributed by atoms with Gasteiger partial charge in [0.15, 0.2) is 0 Å². The highest BCUT2D eigenvalue weighted by Crippen LogP contribution is 2.26. The summed E-state index contributed by atoms with van der Waals surface area (Å²) in [6, 6.07) is 17.9. The highest BCUT2D eigenvalue weighted by atomic mass is 16.1. The van der Waals surface area contributed by atoms with Gasteiger partial charge in [-0.15, -0.1) is 0 Å². The van der Waals surface area contributed by atoms with E-state index in [9.17, 15) is 4.79 Å². The van der Waals surface area contributed by atoms with Crippen molar-refractivity contribution in [2.45, 2.75) is 44.7 Å². The Hall–Kier alpha value is -2.33. The Morgan fingerprint density at radius 3 is 2.67 bits per heavy atom. The minimum absolute atomic E-state index is 0.0597. The van der Waals surface area contributed by atoms with Gasteiger partial charge in [0.05, 0.1) is 0 Å². The average Bonchev–Trinajstić information content (AvgIpc) is 2.70. The lowest BCUT2D eigenvalue weighted by molar-refractivity contribution is 0.0946. The van der Waals surface area contributed by atoms with E-state index in [4.69, 9.17) is 0 Å². The summed E-state index contributed by atoms with van der Waals surface area (Å²) in [6.45, 7) is 5.33. The van der Waals surface area contributed by atoms with Crippen molar-refractivity contribution in [1.29, 1.82) is 0 Å². The molecule has 2 aromatic rings. The van der Waals surface area contributed by atoms with Crippen LogP contribution in [0.1, 0.15) is 41.3 Å². The molecule has 0 aromatic heterocycles. The maximum Gasteiger partial charge on any atom is 0.251 e. The van der Waals surface area contributed by atoms with E-state index in [1.54, 1.807) is 0 Å². The number of nitrogens with zero attached hydrogens (tertiary/aromatic N) is 1. The smallest absolute Gasteiger partial charge is 0.251 e. The van der Waals surface area contributed by atoms with Crippen LogP contribution in [0.5, 0.6) is 0 Å². The van der Waals surface area contributed by atoms with Crippen LogP contribution in [0.15, 0.2) is 48.5 Å². The number of carbonyl (C=O) groups is 1. The van der Waals surface area contributed by atoms with Crippen LogP contribution in [-0.2, 0) is 12.8 Å². The number of rotatable bonds is 5. The number of fused-ring (bicyclic) bond motifs is 1. The van der Waals surface area contributed by atoms with Gasteiger partial charge >= 0.3 is 0 Å². The molecular formula is C23H29N3O. The fraction of sp³-hybridized carbons (Fsp3) is 0.435. The van der Waals surface area contributed by atoms with Crippen LogP contribution < -0.4 is 10.6 Å². The van der Waals surface area contributed by atoms with E-state index in [2.05, 4.69) is 58.9 Å². The minimum Gasteiger partial charge on any atom is -0.382 e. The van der Waals surface area contributed by atoms with Crippen LogP contribution in [0.25, 0.3) is 0 Å². The van der Waals surface area contributed by atoms with Crippen LogP contribution in [0.2, 0.25) is 0 Å². The van der Waals surface area contributed by atoms with Gasteiger partial charge in [-0.1, -0.05) is 36.4 Å². The molecule has 0 saturated carbocycles. The molecule has 27 heavy (non-hydrogen) atoms. The van der Waals surface area contributed by atoms with Crippen LogP contribution >= 0.6 is 0 Å². The number of benzene rings is 2. The lowest BCUT2D eigenvalue weighted by Gasteiger charge is -2.37. The van der Waals surface area contributed by atoms with Gasteiger partial charge in [0.1, 0.15) is 0 Å². The summed E-state index contributed by atoms with van der Waals surface area (Å²) < 4.78 is 0. The minimum atomic E-state index is 0.0597. The van der Waals surface area contributed by atoms with E-state index >= 15 is 0 Å². The Morgan fingerprint density at radius 1 is 1.11 bits per heavy atom. The van der Waals surface area contributed by atoms with Crippen LogP contribution in [0.4, 0.5) is 5.69 Å². The number of nitrogens with one attached hydrogen (secondary N) is 2. The first kappa shape index (κ1) is 18.1. The quantitative estimate of drug-likeness (QED) is 0.855. The van der Waals surface area contributed by atoms with E-state index in [0.717, 1.165) is 56.6 Å². The maximum absolute atomic E-state index is 12.1. The molecule has 1 atom stereocenters. The Balaban J connectivity index is 1.34. The molecule has 4 heteroatoms. The molecule has 142 valence electrons. The molecule has 2 aromatic carbocycles. The third-order valence-corrected chi connectivity index (χ3v) is 5.97. The number of hydrogen-bond acceptors (Lipinski definition) is 3. The van der Waals surface area contributed by atoms with Crippen LogP contribution in [-0.4, -0.2) is 42.5 Å². The molecule has 0 bridgehead atoms. The summed E-state index contributed by atoms with van der Waals surface area (Å²) in [5.74, 6) is 0.0597. The van der Waals surface area contributed by atoms with Gasteiger partial charge in [0.25, 0.3) is 5.91 Å². The zero-order valence-electron chi connectivity index (χ0n) is 16.1. The van der Waals surface area contributed by atoms with Gasteiger partial charge in [-0.25, -0.2) is 0 Å². The molecule has 1 amide bonds. The summed E-state index contributed by atoms with van der Waals surface area (Å²) in [6.07, 6.45) is 4.32. The molecule has 1 unspecified atom stereocenters. The summed E-state index contributed by atoms with van der Waals surface area (Å²) in [5.41, 5.74) is 4.58. The van der Waals surface area contributed by atoms with Gasteiger partial charge in [-0.3, -0.25) is 4.79 Å². The Bertz CT molecular complexity index is 781. The molecule has 2 aliphatic rings. The predicted octanol–water partition coefficient (Wildman–Crippen LogP) is 3.48. The van der Waals surface area contributed by atoms with Crippen molar-refractivity contribution >= 4 is 11.6 Å². The van der Waals surface area contributed by atoms with E-state index in [1.165, 1.54) is 11.1 Å². The van der Waals surface area contributed by atoms with Crippen LogP contribution in [0.3, 0.4) is 0 Å². The molecule has 1 saturated heterocycles.